The number of hydrogen-bond acceptors (Lipinski definition) is 4. The molecule has 0 unspecified atom stereocenters. The van der Waals surface area contributed by atoms with Gasteiger partial charge in [0.05, 0.1) is 14.2 Å². The van der Waals surface area contributed by atoms with Crippen LogP contribution in [0.1, 0.15) is 5.56 Å². The van der Waals surface area contributed by atoms with Crippen molar-refractivity contribution in [1.29, 1.82) is 0 Å². The fraction of sp³-hybridized carbons (Fsp3) is 0.250. The van der Waals surface area contributed by atoms with Crippen molar-refractivity contribution in [1.82, 2.24) is 4.31 Å². The molecule has 0 bridgehead atoms. The number of sulfonamides is 1. The highest BCUT2D eigenvalue weighted by Crippen LogP contribution is 2.36. The fourth-order valence-corrected chi connectivity index (χ4v) is 4.41. The summed E-state index contributed by atoms with van der Waals surface area (Å²) in [5, 5.41) is 0.604. The van der Waals surface area contributed by atoms with Crippen LogP contribution in [0.15, 0.2) is 45.8 Å². The third-order valence-corrected chi connectivity index (χ3v) is 6.46. The summed E-state index contributed by atoms with van der Waals surface area (Å²) in [6.07, 6.45) is 0. The molecule has 0 fully saturated rings. The second kappa shape index (κ2) is 7.74. The highest BCUT2D eigenvalue weighted by Gasteiger charge is 2.25. The average molecular weight is 435 g/mol. The zero-order valence-corrected chi connectivity index (χ0v) is 16.6. The maximum absolute atomic E-state index is 12.9. The molecule has 0 radical (unpaired) electrons. The van der Waals surface area contributed by atoms with Crippen LogP contribution in [0.3, 0.4) is 0 Å². The first-order valence-corrected chi connectivity index (χ1v) is 9.53. The molecule has 0 aliphatic rings. The van der Waals surface area contributed by atoms with E-state index in [1.807, 2.05) is 0 Å². The highest BCUT2D eigenvalue weighted by atomic mass is 79.9. The van der Waals surface area contributed by atoms with Gasteiger partial charge in [-0.3, -0.25) is 0 Å². The van der Waals surface area contributed by atoms with E-state index in [0.29, 0.717) is 21.0 Å². The van der Waals surface area contributed by atoms with E-state index < -0.39 is 10.0 Å². The summed E-state index contributed by atoms with van der Waals surface area (Å²) in [5.74, 6) is 0.794. The smallest absolute Gasteiger partial charge is 0.244 e. The van der Waals surface area contributed by atoms with Crippen LogP contribution in [0.25, 0.3) is 0 Å². The topological polar surface area (TPSA) is 55.8 Å². The van der Waals surface area contributed by atoms with Gasteiger partial charge in [-0.2, -0.15) is 4.31 Å². The molecule has 130 valence electrons. The molecule has 2 rings (SSSR count). The van der Waals surface area contributed by atoms with Gasteiger partial charge in [0.25, 0.3) is 0 Å². The molecule has 0 amide bonds. The Hall–Kier alpha value is -1.28. The molecule has 0 aromatic heterocycles. The first kappa shape index (κ1) is 19.1. The molecule has 0 heterocycles. The monoisotopic (exact) mass is 433 g/mol. The van der Waals surface area contributed by atoms with E-state index in [-0.39, 0.29) is 11.4 Å². The predicted molar refractivity (Wildman–Crippen MR) is 97.4 cm³/mol. The maximum Gasteiger partial charge on any atom is 0.244 e. The molecule has 2 aromatic carbocycles. The molecule has 8 heteroatoms. The number of hydrogen-bond donors (Lipinski definition) is 0. The van der Waals surface area contributed by atoms with Gasteiger partial charge in [0.15, 0.2) is 11.5 Å². The van der Waals surface area contributed by atoms with Crippen LogP contribution < -0.4 is 9.47 Å². The SMILES string of the molecule is COc1cc(Br)c(S(=O)(=O)N(C)Cc2ccc(Cl)cc2)cc1OC. The lowest BCUT2D eigenvalue weighted by Gasteiger charge is -2.19. The van der Waals surface area contributed by atoms with Crippen LogP contribution in [0.2, 0.25) is 5.02 Å². The van der Waals surface area contributed by atoms with Gasteiger partial charge in [0, 0.05) is 29.2 Å². The van der Waals surface area contributed by atoms with Crippen molar-refractivity contribution in [3.8, 4) is 11.5 Å². The van der Waals surface area contributed by atoms with Crippen LogP contribution in [0, 0.1) is 0 Å². The standard InChI is InChI=1S/C16H17BrClNO4S/c1-19(10-11-4-6-12(18)7-5-11)24(20,21)16-9-15(23-3)14(22-2)8-13(16)17/h4-9H,10H2,1-3H3. The predicted octanol–water partition coefficient (Wildman–Crippen LogP) is 3.94. The van der Waals surface area contributed by atoms with Gasteiger partial charge in [-0.15, -0.1) is 0 Å². The Bertz CT molecular complexity index is 825. The van der Waals surface area contributed by atoms with Crippen molar-refractivity contribution >= 4 is 37.6 Å². The van der Waals surface area contributed by atoms with Crippen molar-refractivity contribution in [2.45, 2.75) is 11.4 Å². The van der Waals surface area contributed by atoms with E-state index in [1.54, 1.807) is 30.3 Å². The van der Waals surface area contributed by atoms with Crippen LogP contribution in [-0.4, -0.2) is 34.0 Å². The minimum Gasteiger partial charge on any atom is -0.493 e. The van der Waals surface area contributed by atoms with E-state index in [2.05, 4.69) is 15.9 Å². The Morgan fingerprint density at radius 3 is 2.17 bits per heavy atom. The fourth-order valence-electron chi connectivity index (χ4n) is 2.13. The van der Waals surface area contributed by atoms with Crippen LogP contribution in [0.5, 0.6) is 11.5 Å². The molecule has 5 nitrogen and oxygen atoms in total. The quantitative estimate of drug-likeness (QED) is 0.691. The number of methoxy groups -OCH3 is 2. The molecule has 0 atom stereocenters. The third-order valence-electron chi connectivity index (χ3n) is 3.44. The van der Waals surface area contributed by atoms with Gasteiger partial charge in [0.1, 0.15) is 4.90 Å². The number of ether oxygens (including phenoxy) is 2. The van der Waals surface area contributed by atoms with Crippen molar-refractivity contribution in [3.63, 3.8) is 0 Å². The Labute approximate surface area is 155 Å². The Kier molecular flexibility index (Phi) is 6.14. The Balaban J connectivity index is 2.37. The molecule has 0 aliphatic carbocycles. The lowest BCUT2D eigenvalue weighted by molar-refractivity contribution is 0.353. The zero-order chi connectivity index (χ0) is 17.9. The summed E-state index contributed by atoms with van der Waals surface area (Å²) in [4.78, 5) is 0.108. The third kappa shape index (κ3) is 4.03. The molecular formula is C16H17BrClNO4S. The maximum atomic E-state index is 12.9. The first-order chi connectivity index (χ1) is 11.3. The molecular weight excluding hydrogens is 418 g/mol. The van der Waals surface area contributed by atoms with Crippen LogP contribution in [0.4, 0.5) is 0 Å². The highest BCUT2D eigenvalue weighted by molar-refractivity contribution is 9.10. The zero-order valence-electron chi connectivity index (χ0n) is 13.4. The number of rotatable bonds is 6. The molecule has 0 N–H and O–H groups in total. The molecule has 0 spiro atoms. The summed E-state index contributed by atoms with van der Waals surface area (Å²) in [6.45, 7) is 0.223. The van der Waals surface area contributed by atoms with Gasteiger partial charge in [-0.05, 0) is 39.7 Å². The molecule has 2 aromatic rings. The van der Waals surface area contributed by atoms with Crippen molar-refractivity contribution in [2.75, 3.05) is 21.3 Å². The van der Waals surface area contributed by atoms with Crippen molar-refractivity contribution < 1.29 is 17.9 Å². The number of nitrogens with zero attached hydrogens (tertiary/aromatic N) is 1. The normalized spacial score (nSPS) is 11.6. The minimum absolute atomic E-state index is 0.108. The van der Waals surface area contributed by atoms with E-state index >= 15 is 0 Å². The lowest BCUT2D eigenvalue weighted by atomic mass is 10.2. The molecule has 0 saturated heterocycles. The van der Waals surface area contributed by atoms with Gasteiger partial charge in [-0.25, -0.2) is 8.42 Å². The van der Waals surface area contributed by atoms with Gasteiger partial charge < -0.3 is 9.47 Å². The number of benzene rings is 2. The molecule has 24 heavy (non-hydrogen) atoms. The summed E-state index contributed by atoms with van der Waals surface area (Å²) >= 11 is 9.14. The summed E-state index contributed by atoms with van der Waals surface area (Å²) in [6, 6.07) is 10.0. The van der Waals surface area contributed by atoms with Crippen molar-refractivity contribution in [3.05, 3.63) is 51.5 Å². The van der Waals surface area contributed by atoms with E-state index in [4.69, 9.17) is 21.1 Å². The van der Waals surface area contributed by atoms with E-state index in [9.17, 15) is 8.42 Å². The van der Waals surface area contributed by atoms with Gasteiger partial charge in [-0.1, -0.05) is 23.7 Å². The number of halogens is 2. The Morgan fingerprint density at radius 1 is 1.08 bits per heavy atom. The van der Waals surface area contributed by atoms with Crippen LogP contribution in [-0.2, 0) is 16.6 Å². The lowest BCUT2D eigenvalue weighted by Crippen LogP contribution is -2.26. The van der Waals surface area contributed by atoms with Crippen LogP contribution >= 0.6 is 27.5 Å². The minimum atomic E-state index is -3.72. The summed E-state index contributed by atoms with van der Waals surface area (Å²) in [7, 11) is 0.752. The summed E-state index contributed by atoms with van der Waals surface area (Å²) < 4.78 is 37.8. The molecule has 0 saturated carbocycles. The first-order valence-electron chi connectivity index (χ1n) is 6.92. The Morgan fingerprint density at radius 2 is 1.62 bits per heavy atom. The van der Waals surface area contributed by atoms with Crippen molar-refractivity contribution in [2.24, 2.45) is 0 Å². The van der Waals surface area contributed by atoms with E-state index in [1.165, 1.54) is 31.6 Å². The van der Waals surface area contributed by atoms with E-state index in [0.717, 1.165) is 5.56 Å². The average Bonchev–Trinajstić information content (AvgIpc) is 2.56. The van der Waals surface area contributed by atoms with Gasteiger partial charge in [0.2, 0.25) is 10.0 Å². The largest absolute Gasteiger partial charge is 0.493 e. The molecule has 0 aliphatic heterocycles. The van der Waals surface area contributed by atoms with Gasteiger partial charge >= 0.3 is 0 Å². The summed E-state index contributed by atoms with van der Waals surface area (Å²) in [5.41, 5.74) is 0.835. The second-order valence-corrected chi connectivity index (χ2v) is 8.33. The second-order valence-electron chi connectivity index (χ2n) is 5.03.